The fourth-order valence-electron chi connectivity index (χ4n) is 1.44. The first kappa shape index (κ1) is 13.7. The van der Waals surface area contributed by atoms with Crippen molar-refractivity contribution in [1.29, 1.82) is 0 Å². The lowest BCUT2D eigenvalue weighted by molar-refractivity contribution is 0.265. The molecule has 14 heavy (non-hydrogen) atoms. The van der Waals surface area contributed by atoms with Crippen molar-refractivity contribution >= 4 is 0 Å². The molecule has 0 aromatic heterocycles. The largest absolute Gasteiger partial charge is 0.313 e. The van der Waals surface area contributed by atoms with Crippen molar-refractivity contribution in [3.05, 3.63) is 12.2 Å². The van der Waals surface area contributed by atoms with Crippen LogP contribution in [0.1, 0.15) is 53.9 Å². The average Bonchev–Trinajstić information content (AvgIpc) is 2.09. The van der Waals surface area contributed by atoms with E-state index in [2.05, 4.69) is 46.5 Å². The van der Waals surface area contributed by atoms with Gasteiger partial charge >= 0.3 is 0 Å². The molecular weight excluding hydrogens is 170 g/mol. The molecule has 0 aromatic rings. The normalized spacial score (nSPS) is 14.1. The van der Waals surface area contributed by atoms with Gasteiger partial charge in [-0.25, -0.2) is 0 Å². The summed E-state index contributed by atoms with van der Waals surface area (Å²) in [7, 11) is 0. The van der Waals surface area contributed by atoms with Gasteiger partial charge in [0.2, 0.25) is 0 Å². The van der Waals surface area contributed by atoms with E-state index in [0.29, 0.717) is 11.5 Å². The third-order valence-electron chi connectivity index (χ3n) is 2.68. The lowest BCUT2D eigenvalue weighted by atomic mass is 9.82. The van der Waals surface area contributed by atoms with Crippen LogP contribution >= 0.6 is 0 Å². The summed E-state index contributed by atoms with van der Waals surface area (Å²) in [6.45, 7) is 16.5. The van der Waals surface area contributed by atoms with Crippen LogP contribution in [0.25, 0.3) is 0 Å². The maximum Gasteiger partial charge on any atom is 0.0153 e. The van der Waals surface area contributed by atoms with E-state index in [1.807, 2.05) is 0 Å². The van der Waals surface area contributed by atoms with E-state index in [1.54, 1.807) is 0 Å². The molecule has 0 aromatic carbocycles. The zero-order chi connectivity index (χ0) is 11.2. The molecule has 1 unspecified atom stereocenters. The molecule has 1 heteroatoms. The molecule has 0 rings (SSSR count). The van der Waals surface area contributed by atoms with Crippen LogP contribution in [0.4, 0.5) is 0 Å². The van der Waals surface area contributed by atoms with Crippen LogP contribution in [0, 0.1) is 5.41 Å². The molecule has 0 aliphatic heterocycles. The molecule has 0 saturated heterocycles. The molecule has 1 N–H and O–H groups in total. The molecule has 1 atom stereocenters. The van der Waals surface area contributed by atoms with Crippen LogP contribution in [0.15, 0.2) is 12.2 Å². The fourth-order valence-corrected chi connectivity index (χ4v) is 1.44. The highest BCUT2D eigenvalue weighted by Gasteiger charge is 2.23. The number of nitrogens with one attached hydrogen (secondary N) is 1. The van der Waals surface area contributed by atoms with Crippen molar-refractivity contribution in [2.45, 2.75) is 59.9 Å². The van der Waals surface area contributed by atoms with E-state index in [9.17, 15) is 0 Å². The summed E-state index contributed by atoms with van der Waals surface area (Å²) in [5.41, 5.74) is 1.68. The van der Waals surface area contributed by atoms with Crippen molar-refractivity contribution in [2.24, 2.45) is 5.41 Å². The van der Waals surface area contributed by atoms with Gasteiger partial charge in [-0.2, -0.15) is 0 Å². The first-order chi connectivity index (χ1) is 6.41. The third-order valence-corrected chi connectivity index (χ3v) is 2.68. The summed E-state index contributed by atoms with van der Waals surface area (Å²) in [6.07, 6.45) is 3.41. The van der Waals surface area contributed by atoms with E-state index in [0.717, 1.165) is 19.4 Å². The van der Waals surface area contributed by atoms with Gasteiger partial charge in [-0.05, 0) is 31.2 Å². The first-order valence-electron chi connectivity index (χ1n) is 5.81. The monoisotopic (exact) mass is 197 g/mol. The molecule has 0 amide bonds. The highest BCUT2D eigenvalue weighted by Crippen LogP contribution is 2.24. The molecule has 1 nitrogen and oxygen atoms in total. The SMILES string of the molecule is C=C(CC)CC(NCCC)C(C)(C)C. The number of rotatable bonds is 6. The van der Waals surface area contributed by atoms with Crippen LogP contribution in [0.5, 0.6) is 0 Å². The molecule has 84 valence electrons. The molecule has 0 aliphatic rings. The Morgan fingerprint density at radius 2 is 1.86 bits per heavy atom. The highest BCUT2D eigenvalue weighted by atomic mass is 14.9. The molecule has 0 radical (unpaired) electrons. The predicted molar refractivity (Wildman–Crippen MR) is 65.6 cm³/mol. The van der Waals surface area contributed by atoms with Crippen molar-refractivity contribution in [3.8, 4) is 0 Å². The summed E-state index contributed by atoms with van der Waals surface area (Å²) in [5.74, 6) is 0. The van der Waals surface area contributed by atoms with Crippen molar-refractivity contribution < 1.29 is 0 Å². The van der Waals surface area contributed by atoms with E-state index in [4.69, 9.17) is 0 Å². The molecule has 0 aliphatic carbocycles. The van der Waals surface area contributed by atoms with E-state index in [1.165, 1.54) is 12.0 Å². The summed E-state index contributed by atoms with van der Waals surface area (Å²) in [4.78, 5) is 0. The summed E-state index contributed by atoms with van der Waals surface area (Å²) < 4.78 is 0. The van der Waals surface area contributed by atoms with Crippen LogP contribution in [-0.2, 0) is 0 Å². The minimum atomic E-state index is 0.327. The standard InChI is InChI=1S/C13H27N/c1-7-9-14-12(13(4,5)6)10-11(3)8-2/h12,14H,3,7-10H2,1-2,4-6H3. The smallest absolute Gasteiger partial charge is 0.0153 e. The van der Waals surface area contributed by atoms with E-state index < -0.39 is 0 Å². The van der Waals surface area contributed by atoms with Crippen LogP contribution < -0.4 is 5.32 Å². The Bertz CT molecular complexity index is 165. The Hall–Kier alpha value is -0.300. The fraction of sp³-hybridized carbons (Fsp3) is 0.846. The van der Waals surface area contributed by atoms with Gasteiger partial charge in [0.15, 0.2) is 0 Å². The first-order valence-corrected chi connectivity index (χ1v) is 5.81. The second kappa shape index (κ2) is 6.23. The minimum absolute atomic E-state index is 0.327. The molecule has 0 fully saturated rings. The molecular formula is C13H27N. The zero-order valence-electron chi connectivity index (χ0n) is 10.6. The average molecular weight is 197 g/mol. The van der Waals surface area contributed by atoms with Gasteiger partial charge < -0.3 is 5.32 Å². The number of hydrogen-bond acceptors (Lipinski definition) is 1. The summed E-state index contributed by atoms with van der Waals surface area (Å²) in [6, 6.07) is 0.565. The van der Waals surface area contributed by atoms with Gasteiger partial charge in [0.25, 0.3) is 0 Å². The Morgan fingerprint density at radius 1 is 1.29 bits per heavy atom. The van der Waals surface area contributed by atoms with Gasteiger partial charge in [0, 0.05) is 6.04 Å². The van der Waals surface area contributed by atoms with Gasteiger partial charge in [0.05, 0.1) is 0 Å². The summed E-state index contributed by atoms with van der Waals surface area (Å²) in [5, 5.41) is 3.61. The van der Waals surface area contributed by atoms with E-state index >= 15 is 0 Å². The maximum absolute atomic E-state index is 4.09. The van der Waals surface area contributed by atoms with Crippen molar-refractivity contribution in [3.63, 3.8) is 0 Å². The second-order valence-electron chi connectivity index (χ2n) is 5.18. The Kier molecular flexibility index (Phi) is 6.10. The Labute approximate surface area is 90.0 Å². The van der Waals surface area contributed by atoms with Crippen LogP contribution in [0.3, 0.4) is 0 Å². The zero-order valence-corrected chi connectivity index (χ0v) is 10.6. The Balaban J connectivity index is 4.18. The van der Waals surface area contributed by atoms with Gasteiger partial charge in [-0.1, -0.05) is 46.8 Å². The van der Waals surface area contributed by atoms with Gasteiger partial charge in [0.1, 0.15) is 0 Å². The summed E-state index contributed by atoms with van der Waals surface area (Å²) >= 11 is 0. The highest BCUT2D eigenvalue weighted by molar-refractivity contribution is 4.99. The molecule has 0 spiro atoms. The quantitative estimate of drug-likeness (QED) is 0.639. The molecule has 0 heterocycles. The maximum atomic E-state index is 4.09. The third kappa shape index (κ3) is 5.43. The lowest BCUT2D eigenvalue weighted by Crippen LogP contribution is -2.40. The lowest BCUT2D eigenvalue weighted by Gasteiger charge is -2.32. The second-order valence-corrected chi connectivity index (χ2v) is 5.18. The van der Waals surface area contributed by atoms with Gasteiger partial charge in [-0.15, -0.1) is 0 Å². The predicted octanol–water partition coefficient (Wildman–Crippen LogP) is 3.76. The van der Waals surface area contributed by atoms with Crippen molar-refractivity contribution in [1.82, 2.24) is 5.32 Å². The molecule has 0 saturated carbocycles. The van der Waals surface area contributed by atoms with Crippen LogP contribution in [0.2, 0.25) is 0 Å². The Morgan fingerprint density at radius 3 is 2.21 bits per heavy atom. The topological polar surface area (TPSA) is 12.0 Å². The number of hydrogen-bond donors (Lipinski definition) is 1. The van der Waals surface area contributed by atoms with Crippen LogP contribution in [-0.4, -0.2) is 12.6 Å². The van der Waals surface area contributed by atoms with Crippen molar-refractivity contribution in [2.75, 3.05) is 6.54 Å². The van der Waals surface area contributed by atoms with Gasteiger partial charge in [-0.3, -0.25) is 0 Å². The molecule has 0 bridgehead atoms. The van der Waals surface area contributed by atoms with E-state index in [-0.39, 0.29) is 0 Å². The minimum Gasteiger partial charge on any atom is -0.313 e.